The van der Waals surface area contributed by atoms with Crippen LogP contribution in [-0.2, 0) is 9.53 Å². The molecule has 9 heteroatoms. The zero-order valence-corrected chi connectivity index (χ0v) is 14.8. The summed E-state index contributed by atoms with van der Waals surface area (Å²) in [6, 6.07) is 10.3. The minimum Gasteiger partial charge on any atom is -0.487 e. The van der Waals surface area contributed by atoms with Crippen molar-refractivity contribution in [1.29, 1.82) is 0 Å². The van der Waals surface area contributed by atoms with Crippen molar-refractivity contribution < 1.29 is 28.7 Å². The van der Waals surface area contributed by atoms with E-state index in [2.05, 4.69) is 10.1 Å². The second-order valence-electron chi connectivity index (χ2n) is 5.22. The first-order valence-electron chi connectivity index (χ1n) is 7.97. The fraction of sp³-hybridized carbons (Fsp3) is 0.222. The second kappa shape index (κ2) is 9.18. The number of nitrogens with one attached hydrogen (secondary N) is 1. The molecule has 0 aromatic heterocycles. The van der Waals surface area contributed by atoms with Crippen LogP contribution in [0.3, 0.4) is 0 Å². The number of esters is 1. The van der Waals surface area contributed by atoms with Gasteiger partial charge in [-0.2, -0.15) is 0 Å². The van der Waals surface area contributed by atoms with E-state index in [-0.39, 0.29) is 30.2 Å². The van der Waals surface area contributed by atoms with Crippen LogP contribution < -0.4 is 14.8 Å². The minimum atomic E-state index is -0.602. The summed E-state index contributed by atoms with van der Waals surface area (Å²) >= 11 is 0. The van der Waals surface area contributed by atoms with Gasteiger partial charge in [0.15, 0.2) is 12.4 Å². The van der Waals surface area contributed by atoms with Gasteiger partial charge in [0, 0.05) is 17.3 Å². The highest BCUT2D eigenvalue weighted by atomic mass is 16.6. The van der Waals surface area contributed by atoms with Gasteiger partial charge < -0.3 is 19.5 Å². The van der Waals surface area contributed by atoms with Crippen LogP contribution in [0, 0.1) is 10.1 Å². The molecule has 27 heavy (non-hydrogen) atoms. The molecule has 0 unspecified atom stereocenters. The first-order chi connectivity index (χ1) is 12.9. The highest BCUT2D eigenvalue weighted by Crippen LogP contribution is 2.28. The topological polar surface area (TPSA) is 117 Å². The Morgan fingerprint density at radius 2 is 1.81 bits per heavy atom. The predicted molar refractivity (Wildman–Crippen MR) is 96.2 cm³/mol. The van der Waals surface area contributed by atoms with Crippen LogP contribution in [0.4, 0.5) is 11.4 Å². The number of carbonyl (C=O) groups excluding carboxylic acids is 2. The molecule has 2 aromatic carbocycles. The molecule has 0 bridgehead atoms. The monoisotopic (exact) mass is 374 g/mol. The summed E-state index contributed by atoms with van der Waals surface area (Å²) < 4.78 is 14.9. The number of hydrogen-bond acceptors (Lipinski definition) is 7. The first kappa shape index (κ1) is 19.7. The number of nitro benzene ring substituents is 1. The quantitative estimate of drug-likeness (QED) is 0.429. The standard InChI is InChI=1S/C18H18N2O7/c1-3-26-16-9-4-12(10-15(16)20(23)24)18(22)19-13-5-7-14(8-6-13)27-11-17(21)25-2/h4-10H,3,11H2,1-2H3,(H,19,22). The van der Waals surface area contributed by atoms with Gasteiger partial charge in [-0.1, -0.05) is 0 Å². The van der Waals surface area contributed by atoms with Gasteiger partial charge in [0.05, 0.1) is 18.6 Å². The van der Waals surface area contributed by atoms with Gasteiger partial charge in [0.2, 0.25) is 0 Å². The van der Waals surface area contributed by atoms with Crippen LogP contribution in [0.2, 0.25) is 0 Å². The van der Waals surface area contributed by atoms with Crippen molar-refractivity contribution in [2.75, 3.05) is 25.6 Å². The molecule has 0 fully saturated rings. The van der Waals surface area contributed by atoms with Crippen molar-refractivity contribution in [3.05, 3.63) is 58.1 Å². The van der Waals surface area contributed by atoms with E-state index >= 15 is 0 Å². The molecule has 1 N–H and O–H groups in total. The Labute approximate surface area is 155 Å². The zero-order valence-electron chi connectivity index (χ0n) is 14.8. The maximum absolute atomic E-state index is 12.3. The third-order valence-electron chi connectivity index (χ3n) is 3.41. The van der Waals surface area contributed by atoms with Gasteiger partial charge in [0.1, 0.15) is 5.75 Å². The van der Waals surface area contributed by atoms with Crippen LogP contribution in [0.5, 0.6) is 11.5 Å². The molecule has 0 atom stereocenters. The molecular formula is C18H18N2O7. The van der Waals surface area contributed by atoms with E-state index in [1.165, 1.54) is 19.2 Å². The molecule has 0 heterocycles. The van der Waals surface area contributed by atoms with Gasteiger partial charge in [-0.15, -0.1) is 0 Å². The number of nitrogens with zero attached hydrogens (tertiary/aromatic N) is 1. The van der Waals surface area contributed by atoms with Crippen molar-refractivity contribution >= 4 is 23.3 Å². The largest absolute Gasteiger partial charge is 0.487 e. The fourth-order valence-electron chi connectivity index (χ4n) is 2.12. The zero-order chi connectivity index (χ0) is 19.8. The number of hydrogen-bond donors (Lipinski definition) is 1. The Morgan fingerprint density at radius 3 is 2.41 bits per heavy atom. The van der Waals surface area contributed by atoms with Gasteiger partial charge in [-0.25, -0.2) is 4.79 Å². The summed E-state index contributed by atoms with van der Waals surface area (Å²) in [5.41, 5.74) is 0.300. The number of carbonyl (C=O) groups is 2. The summed E-state index contributed by atoms with van der Waals surface area (Å²) in [5.74, 6) is -0.491. The fourth-order valence-corrected chi connectivity index (χ4v) is 2.12. The highest BCUT2D eigenvalue weighted by molar-refractivity contribution is 6.04. The van der Waals surface area contributed by atoms with Crippen molar-refractivity contribution in [3.8, 4) is 11.5 Å². The van der Waals surface area contributed by atoms with E-state index in [4.69, 9.17) is 9.47 Å². The average Bonchev–Trinajstić information content (AvgIpc) is 2.67. The minimum absolute atomic E-state index is 0.103. The second-order valence-corrected chi connectivity index (χ2v) is 5.22. The van der Waals surface area contributed by atoms with Crippen LogP contribution in [0.15, 0.2) is 42.5 Å². The van der Waals surface area contributed by atoms with Gasteiger partial charge in [0.25, 0.3) is 5.91 Å². The van der Waals surface area contributed by atoms with E-state index in [9.17, 15) is 19.7 Å². The van der Waals surface area contributed by atoms with Crippen LogP contribution in [-0.4, -0.2) is 37.1 Å². The predicted octanol–water partition coefficient (Wildman–Crippen LogP) is 2.80. The summed E-state index contributed by atoms with van der Waals surface area (Å²) in [6.45, 7) is 1.76. The van der Waals surface area contributed by atoms with E-state index in [0.717, 1.165) is 6.07 Å². The molecule has 0 saturated carbocycles. The molecule has 142 valence electrons. The molecule has 9 nitrogen and oxygen atoms in total. The molecule has 1 amide bonds. The Morgan fingerprint density at radius 1 is 1.11 bits per heavy atom. The third kappa shape index (κ3) is 5.43. The highest BCUT2D eigenvalue weighted by Gasteiger charge is 2.18. The average molecular weight is 374 g/mol. The van der Waals surface area contributed by atoms with Crippen LogP contribution in [0.1, 0.15) is 17.3 Å². The van der Waals surface area contributed by atoms with Gasteiger partial charge in [-0.05, 0) is 43.3 Å². The number of amides is 1. The lowest BCUT2D eigenvalue weighted by atomic mass is 10.1. The number of rotatable bonds is 8. The Bertz CT molecular complexity index is 834. The van der Waals surface area contributed by atoms with E-state index in [1.54, 1.807) is 31.2 Å². The molecule has 0 radical (unpaired) electrons. The lowest BCUT2D eigenvalue weighted by molar-refractivity contribution is -0.385. The Hall–Kier alpha value is -3.62. The SMILES string of the molecule is CCOc1ccc(C(=O)Nc2ccc(OCC(=O)OC)cc2)cc1[N+](=O)[O-]. The van der Waals surface area contributed by atoms with Gasteiger partial charge in [-0.3, -0.25) is 14.9 Å². The summed E-state index contributed by atoms with van der Waals surface area (Å²) in [6.07, 6.45) is 0. The van der Waals surface area contributed by atoms with Crippen LogP contribution in [0.25, 0.3) is 0 Å². The number of anilines is 1. The Balaban J connectivity index is 2.07. The maximum atomic E-state index is 12.3. The molecular weight excluding hydrogens is 356 g/mol. The van der Waals surface area contributed by atoms with E-state index in [1.807, 2.05) is 0 Å². The molecule has 0 aliphatic carbocycles. The number of nitro groups is 1. The summed E-state index contributed by atoms with van der Waals surface area (Å²) in [7, 11) is 1.26. The summed E-state index contributed by atoms with van der Waals surface area (Å²) in [4.78, 5) is 33.9. The third-order valence-corrected chi connectivity index (χ3v) is 3.41. The van der Waals surface area contributed by atoms with Crippen molar-refractivity contribution in [2.24, 2.45) is 0 Å². The first-order valence-corrected chi connectivity index (χ1v) is 7.97. The van der Waals surface area contributed by atoms with Crippen molar-refractivity contribution in [2.45, 2.75) is 6.92 Å². The molecule has 0 saturated heterocycles. The summed E-state index contributed by atoms with van der Waals surface area (Å²) in [5, 5.41) is 13.8. The van der Waals surface area contributed by atoms with Gasteiger partial charge >= 0.3 is 11.7 Å². The molecule has 2 aromatic rings. The molecule has 2 rings (SSSR count). The molecule has 0 spiro atoms. The lowest BCUT2D eigenvalue weighted by Crippen LogP contribution is -2.13. The normalized spacial score (nSPS) is 10.0. The number of methoxy groups -OCH3 is 1. The van der Waals surface area contributed by atoms with Crippen LogP contribution >= 0.6 is 0 Å². The van der Waals surface area contributed by atoms with E-state index in [0.29, 0.717) is 11.4 Å². The molecule has 0 aliphatic rings. The number of ether oxygens (including phenoxy) is 3. The lowest BCUT2D eigenvalue weighted by Gasteiger charge is -2.09. The van der Waals surface area contributed by atoms with Crippen molar-refractivity contribution in [1.82, 2.24) is 0 Å². The van der Waals surface area contributed by atoms with Crippen molar-refractivity contribution in [3.63, 3.8) is 0 Å². The smallest absolute Gasteiger partial charge is 0.343 e. The maximum Gasteiger partial charge on any atom is 0.343 e. The Kier molecular flexibility index (Phi) is 6.70. The van der Waals surface area contributed by atoms with E-state index < -0.39 is 16.8 Å². The molecule has 0 aliphatic heterocycles. The number of benzene rings is 2.